The molecule has 3 rings (SSSR count). The van der Waals surface area contributed by atoms with Crippen LogP contribution < -0.4 is 5.73 Å². The molecule has 2 fully saturated rings. The Balaban J connectivity index is 1.83. The van der Waals surface area contributed by atoms with E-state index in [0.29, 0.717) is 6.04 Å². The predicted octanol–water partition coefficient (Wildman–Crippen LogP) is 1.56. The fourth-order valence-corrected chi connectivity index (χ4v) is 3.74. The first-order valence-electron chi connectivity index (χ1n) is 5.71. The van der Waals surface area contributed by atoms with Crippen LogP contribution in [0.15, 0.2) is 11.6 Å². The van der Waals surface area contributed by atoms with E-state index in [1.807, 2.05) is 11.6 Å². The average Bonchev–Trinajstić information content (AvgIpc) is 2.87. The van der Waals surface area contributed by atoms with Crippen molar-refractivity contribution in [2.45, 2.75) is 37.3 Å². The average molecular weight is 223 g/mol. The van der Waals surface area contributed by atoms with Gasteiger partial charge >= 0.3 is 0 Å². The second-order valence-electron chi connectivity index (χ2n) is 4.78. The standard InChI is InChI=1S/C11H17N3S/c12-11(10-13-4-7-15-10)3-6-14-5-1-2-9(14)8-11/h4,7,9H,1-3,5-6,8,12H2. The van der Waals surface area contributed by atoms with Gasteiger partial charge in [-0.05, 0) is 32.2 Å². The molecular weight excluding hydrogens is 206 g/mol. The maximum absolute atomic E-state index is 6.50. The fourth-order valence-electron chi connectivity index (χ4n) is 2.95. The molecule has 0 bridgehead atoms. The van der Waals surface area contributed by atoms with E-state index >= 15 is 0 Å². The van der Waals surface area contributed by atoms with Gasteiger partial charge in [-0.1, -0.05) is 0 Å². The van der Waals surface area contributed by atoms with Crippen LogP contribution in [0.5, 0.6) is 0 Å². The Morgan fingerprint density at radius 1 is 1.53 bits per heavy atom. The number of hydrogen-bond donors (Lipinski definition) is 1. The van der Waals surface area contributed by atoms with Crippen molar-refractivity contribution in [3.05, 3.63) is 16.6 Å². The molecule has 0 saturated carbocycles. The molecule has 82 valence electrons. The van der Waals surface area contributed by atoms with Crippen molar-refractivity contribution in [2.24, 2.45) is 5.73 Å². The highest BCUT2D eigenvalue weighted by Crippen LogP contribution is 2.38. The Morgan fingerprint density at radius 3 is 3.27 bits per heavy atom. The molecule has 3 heterocycles. The van der Waals surface area contributed by atoms with Crippen molar-refractivity contribution in [1.29, 1.82) is 0 Å². The number of aromatic nitrogens is 1. The summed E-state index contributed by atoms with van der Waals surface area (Å²) in [6, 6.07) is 0.715. The highest BCUT2D eigenvalue weighted by molar-refractivity contribution is 7.09. The van der Waals surface area contributed by atoms with Crippen LogP contribution in [-0.4, -0.2) is 29.0 Å². The minimum absolute atomic E-state index is 0.139. The van der Waals surface area contributed by atoms with Gasteiger partial charge in [0.05, 0.1) is 5.54 Å². The Hall–Kier alpha value is -0.450. The number of hydrogen-bond acceptors (Lipinski definition) is 4. The van der Waals surface area contributed by atoms with Gasteiger partial charge in [-0.3, -0.25) is 0 Å². The van der Waals surface area contributed by atoms with Crippen LogP contribution in [0, 0.1) is 0 Å². The van der Waals surface area contributed by atoms with Gasteiger partial charge in [0.1, 0.15) is 5.01 Å². The van der Waals surface area contributed by atoms with Gasteiger partial charge in [0.2, 0.25) is 0 Å². The van der Waals surface area contributed by atoms with Gasteiger partial charge in [-0.2, -0.15) is 0 Å². The van der Waals surface area contributed by atoms with Crippen molar-refractivity contribution in [2.75, 3.05) is 13.1 Å². The minimum atomic E-state index is -0.139. The predicted molar refractivity (Wildman–Crippen MR) is 61.8 cm³/mol. The van der Waals surface area contributed by atoms with E-state index in [0.717, 1.165) is 24.4 Å². The molecule has 0 spiro atoms. The summed E-state index contributed by atoms with van der Waals surface area (Å²) in [5.74, 6) is 0. The van der Waals surface area contributed by atoms with Gasteiger partial charge in [-0.25, -0.2) is 4.98 Å². The number of piperidine rings is 1. The molecule has 0 amide bonds. The van der Waals surface area contributed by atoms with E-state index in [1.165, 1.54) is 19.4 Å². The first kappa shape index (κ1) is 9.75. The lowest BCUT2D eigenvalue weighted by molar-refractivity contribution is 0.130. The molecule has 15 heavy (non-hydrogen) atoms. The first-order chi connectivity index (χ1) is 7.28. The van der Waals surface area contributed by atoms with Gasteiger partial charge in [-0.15, -0.1) is 11.3 Å². The zero-order chi connectivity index (χ0) is 10.3. The highest BCUT2D eigenvalue weighted by Gasteiger charge is 2.41. The first-order valence-corrected chi connectivity index (χ1v) is 6.59. The Bertz CT molecular complexity index is 338. The second kappa shape index (κ2) is 3.54. The van der Waals surface area contributed by atoms with Gasteiger partial charge < -0.3 is 10.6 Å². The molecule has 0 aromatic carbocycles. The molecular formula is C11H17N3S. The van der Waals surface area contributed by atoms with Crippen LogP contribution in [0.25, 0.3) is 0 Å². The van der Waals surface area contributed by atoms with Crippen LogP contribution in [0.3, 0.4) is 0 Å². The maximum atomic E-state index is 6.50. The van der Waals surface area contributed by atoms with Gasteiger partial charge in [0.15, 0.2) is 0 Å². The van der Waals surface area contributed by atoms with E-state index < -0.39 is 0 Å². The Labute approximate surface area is 94.3 Å². The normalized spacial score (nSPS) is 36.7. The Morgan fingerprint density at radius 2 is 2.47 bits per heavy atom. The van der Waals surface area contributed by atoms with Crippen LogP contribution in [-0.2, 0) is 5.54 Å². The maximum Gasteiger partial charge on any atom is 0.113 e. The number of thiazole rings is 1. The smallest absolute Gasteiger partial charge is 0.113 e. The molecule has 2 saturated heterocycles. The third kappa shape index (κ3) is 1.61. The summed E-state index contributed by atoms with van der Waals surface area (Å²) in [5.41, 5.74) is 6.36. The summed E-state index contributed by atoms with van der Waals surface area (Å²) < 4.78 is 0. The molecule has 0 aliphatic carbocycles. The van der Waals surface area contributed by atoms with Gasteiger partial charge in [0, 0.05) is 24.2 Å². The molecule has 3 nitrogen and oxygen atoms in total. The number of nitrogens with zero attached hydrogens (tertiary/aromatic N) is 2. The molecule has 0 radical (unpaired) electrons. The topological polar surface area (TPSA) is 42.1 Å². The lowest BCUT2D eigenvalue weighted by atomic mass is 9.85. The van der Waals surface area contributed by atoms with Crippen LogP contribution in [0.2, 0.25) is 0 Å². The van der Waals surface area contributed by atoms with E-state index in [2.05, 4.69) is 9.88 Å². The quantitative estimate of drug-likeness (QED) is 0.785. The van der Waals surface area contributed by atoms with E-state index in [-0.39, 0.29) is 5.54 Å². The highest BCUT2D eigenvalue weighted by atomic mass is 32.1. The SMILES string of the molecule is NC1(c2nccs2)CCN2CCCC2C1. The molecule has 1 aromatic rings. The monoisotopic (exact) mass is 223 g/mol. The summed E-state index contributed by atoms with van der Waals surface area (Å²) >= 11 is 1.71. The summed E-state index contributed by atoms with van der Waals surface area (Å²) in [5, 5.41) is 3.17. The third-order valence-corrected chi connectivity index (χ3v) is 4.80. The molecule has 2 N–H and O–H groups in total. The van der Waals surface area contributed by atoms with E-state index in [4.69, 9.17) is 5.73 Å². The lowest BCUT2D eigenvalue weighted by Crippen LogP contribution is -2.50. The zero-order valence-electron chi connectivity index (χ0n) is 8.85. The number of nitrogens with two attached hydrogens (primary N) is 1. The van der Waals surface area contributed by atoms with E-state index in [1.54, 1.807) is 11.3 Å². The molecule has 2 atom stereocenters. The molecule has 2 aliphatic heterocycles. The zero-order valence-corrected chi connectivity index (χ0v) is 9.67. The number of fused-ring (bicyclic) bond motifs is 1. The second-order valence-corrected chi connectivity index (χ2v) is 5.67. The summed E-state index contributed by atoms with van der Waals surface area (Å²) in [6.45, 7) is 2.43. The molecule has 2 unspecified atom stereocenters. The Kier molecular flexibility index (Phi) is 2.30. The van der Waals surface area contributed by atoms with Gasteiger partial charge in [0.25, 0.3) is 0 Å². The minimum Gasteiger partial charge on any atom is -0.319 e. The summed E-state index contributed by atoms with van der Waals surface area (Å²) in [7, 11) is 0. The van der Waals surface area contributed by atoms with E-state index in [9.17, 15) is 0 Å². The largest absolute Gasteiger partial charge is 0.319 e. The van der Waals surface area contributed by atoms with Crippen molar-refractivity contribution >= 4 is 11.3 Å². The van der Waals surface area contributed by atoms with Crippen molar-refractivity contribution in [1.82, 2.24) is 9.88 Å². The van der Waals surface area contributed by atoms with Crippen molar-refractivity contribution in [3.8, 4) is 0 Å². The molecule has 1 aromatic heterocycles. The number of rotatable bonds is 1. The van der Waals surface area contributed by atoms with Crippen molar-refractivity contribution < 1.29 is 0 Å². The van der Waals surface area contributed by atoms with Crippen molar-refractivity contribution in [3.63, 3.8) is 0 Å². The summed E-state index contributed by atoms with van der Waals surface area (Å²) in [4.78, 5) is 7.00. The molecule has 4 heteroatoms. The van der Waals surface area contributed by atoms with Crippen LogP contribution >= 0.6 is 11.3 Å². The lowest BCUT2D eigenvalue weighted by Gasteiger charge is -2.40. The fraction of sp³-hybridized carbons (Fsp3) is 0.727. The van der Waals surface area contributed by atoms with Crippen LogP contribution in [0.1, 0.15) is 30.7 Å². The molecule has 2 aliphatic rings. The third-order valence-electron chi connectivity index (χ3n) is 3.80. The summed E-state index contributed by atoms with van der Waals surface area (Å²) in [6.07, 6.45) is 6.70. The van der Waals surface area contributed by atoms with Crippen LogP contribution in [0.4, 0.5) is 0 Å².